The van der Waals surface area contributed by atoms with E-state index in [0.29, 0.717) is 5.16 Å². The van der Waals surface area contributed by atoms with Gasteiger partial charge in [0.05, 0.1) is 10.9 Å². The number of benzene rings is 2. The molecule has 0 bridgehead atoms. The molecule has 1 heterocycles. The number of carbonyl (C=O) groups excluding carboxylic acids is 1. The molecule has 1 N–H and O–H groups in total. The van der Waals surface area contributed by atoms with Gasteiger partial charge in [0.1, 0.15) is 0 Å². The van der Waals surface area contributed by atoms with Crippen molar-refractivity contribution in [1.82, 2.24) is 9.55 Å². The summed E-state index contributed by atoms with van der Waals surface area (Å²) in [4.78, 5) is 16.7. The molecule has 0 saturated carbocycles. The van der Waals surface area contributed by atoms with Crippen LogP contribution in [0.1, 0.15) is 18.1 Å². The molecule has 0 aliphatic heterocycles. The fourth-order valence-corrected chi connectivity index (χ4v) is 3.40. The number of thioether (sulfide) groups is 1. The maximum atomic E-state index is 13.8. The van der Waals surface area contributed by atoms with Gasteiger partial charge in [0.15, 0.2) is 22.6 Å². The van der Waals surface area contributed by atoms with E-state index in [1.54, 1.807) is 19.3 Å². The van der Waals surface area contributed by atoms with Crippen LogP contribution in [-0.2, 0) is 4.79 Å². The fourth-order valence-electron chi connectivity index (χ4n) is 2.52. The minimum Gasteiger partial charge on any atom is -0.323 e. The number of nitrogens with zero attached hydrogens (tertiary/aromatic N) is 2. The molecule has 4 nitrogen and oxygen atoms in total. The van der Waals surface area contributed by atoms with E-state index in [2.05, 4.69) is 10.3 Å². The standard InChI is InChI=1S/C20H18F3N3OS/c1-11-4-5-14(10-12(11)2)26-9-8-24-20(26)28-13(3)19(27)25-16-7-6-15(21)17(22)18(16)23/h4-10,13H,1-3H3,(H,25,27). The summed E-state index contributed by atoms with van der Waals surface area (Å²) in [5.74, 6) is -4.91. The van der Waals surface area contributed by atoms with Crippen LogP contribution >= 0.6 is 11.8 Å². The van der Waals surface area contributed by atoms with Gasteiger partial charge in [0.2, 0.25) is 5.91 Å². The third-order valence-corrected chi connectivity index (χ3v) is 5.40. The lowest BCUT2D eigenvalue weighted by Gasteiger charge is -2.14. The smallest absolute Gasteiger partial charge is 0.237 e. The van der Waals surface area contributed by atoms with Gasteiger partial charge in [-0.05, 0) is 56.2 Å². The number of aryl methyl sites for hydroxylation is 2. The lowest BCUT2D eigenvalue weighted by atomic mass is 10.1. The largest absolute Gasteiger partial charge is 0.323 e. The van der Waals surface area contributed by atoms with Crippen LogP contribution in [0.5, 0.6) is 0 Å². The Morgan fingerprint density at radius 3 is 2.57 bits per heavy atom. The number of hydrogen-bond donors (Lipinski definition) is 1. The van der Waals surface area contributed by atoms with Crippen molar-refractivity contribution in [2.24, 2.45) is 0 Å². The van der Waals surface area contributed by atoms with Crippen molar-refractivity contribution in [3.05, 3.63) is 71.3 Å². The van der Waals surface area contributed by atoms with Crippen LogP contribution in [0.25, 0.3) is 5.69 Å². The second-order valence-corrected chi connectivity index (χ2v) is 7.63. The van der Waals surface area contributed by atoms with Crippen LogP contribution in [0.15, 0.2) is 47.9 Å². The van der Waals surface area contributed by atoms with Gasteiger partial charge < -0.3 is 5.32 Å². The summed E-state index contributed by atoms with van der Waals surface area (Å²) in [6.45, 7) is 5.65. The van der Waals surface area contributed by atoms with Crippen LogP contribution in [0, 0.1) is 31.3 Å². The second kappa shape index (κ2) is 8.10. The molecular formula is C20H18F3N3OS. The lowest BCUT2D eigenvalue weighted by molar-refractivity contribution is -0.115. The molecule has 0 fully saturated rings. The van der Waals surface area contributed by atoms with Crippen LogP contribution < -0.4 is 5.32 Å². The molecule has 0 aliphatic carbocycles. The summed E-state index contributed by atoms with van der Waals surface area (Å²) in [6.07, 6.45) is 3.41. The van der Waals surface area contributed by atoms with Crippen molar-refractivity contribution in [2.75, 3.05) is 5.32 Å². The first-order valence-corrected chi connectivity index (χ1v) is 9.38. The summed E-state index contributed by atoms with van der Waals surface area (Å²) >= 11 is 1.17. The minimum absolute atomic E-state index is 0.408. The predicted molar refractivity (Wildman–Crippen MR) is 103 cm³/mol. The Morgan fingerprint density at radius 1 is 1.11 bits per heavy atom. The highest BCUT2D eigenvalue weighted by atomic mass is 32.2. The second-order valence-electron chi connectivity index (χ2n) is 6.32. The van der Waals surface area contributed by atoms with Crippen molar-refractivity contribution in [1.29, 1.82) is 0 Å². The molecular weight excluding hydrogens is 387 g/mol. The van der Waals surface area contributed by atoms with Crippen LogP contribution in [-0.4, -0.2) is 20.7 Å². The Balaban J connectivity index is 1.76. The van der Waals surface area contributed by atoms with Crippen LogP contribution in [0.3, 0.4) is 0 Å². The lowest BCUT2D eigenvalue weighted by Crippen LogP contribution is -2.23. The third-order valence-electron chi connectivity index (χ3n) is 4.32. The summed E-state index contributed by atoms with van der Waals surface area (Å²) in [5.41, 5.74) is 2.79. The molecule has 1 amide bonds. The zero-order chi connectivity index (χ0) is 20.4. The zero-order valence-corrected chi connectivity index (χ0v) is 16.3. The molecule has 8 heteroatoms. The predicted octanol–water partition coefficient (Wildman–Crippen LogP) is 5.03. The van der Waals surface area contributed by atoms with E-state index in [0.717, 1.165) is 23.4 Å². The van der Waals surface area contributed by atoms with Gasteiger partial charge in [-0.1, -0.05) is 17.8 Å². The van der Waals surface area contributed by atoms with E-state index in [1.807, 2.05) is 36.6 Å². The van der Waals surface area contributed by atoms with Crippen molar-refractivity contribution < 1.29 is 18.0 Å². The Morgan fingerprint density at radius 2 is 1.86 bits per heavy atom. The Hall–Kier alpha value is -2.74. The Labute approximate surface area is 164 Å². The number of nitrogens with one attached hydrogen (secondary N) is 1. The van der Waals surface area contributed by atoms with E-state index >= 15 is 0 Å². The first-order chi connectivity index (χ1) is 13.3. The number of rotatable bonds is 5. The van der Waals surface area contributed by atoms with Crippen molar-refractivity contribution in [3.63, 3.8) is 0 Å². The average Bonchev–Trinajstić information content (AvgIpc) is 3.12. The summed E-state index contributed by atoms with van der Waals surface area (Å²) < 4.78 is 42.0. The van der Waals surface area contributed by atoms with Crippen LogP contribution in [0.2, 0.25) is 0 Å². The normalized spacial score (nSPS) is 12.1. The molecule has 1 atom stereocenters. The average molecular weight is 405 g/mol. The molecule has 3 rings (SSSR count). The third kappa shape index (κ3) is 4.06. The summed E-state index contributed by atoms with van der Waals surface area (Å²) in [6, 6.07) is 7.72. The van der Waals surface area contributed by atoms with E-state index in [4.69, 9.17) is 0 Å². The van der Waals surface area contributed by atoms with E-state index in [1.165, 1.54) is 17.3 Å². The molecule has 0 spiro atoms. The van der Waals surface area contributed by atoms with Gasteiger partial charge in [-0.3, -0.25) is 9.36 Å². The van der Waals surface area contributed by atoms with Gasteiger partial charge in [-0.25, -0.2) is 18.2 Å². The van der Waals surface area contributed by atoms with E-state index in [9.17, 15) is 18.0 Å². The maximum absolute atomic E-state index is 13.8. The van der Waals surface area contributed by atoms with E-state index in [-0.39, 0.29) is 0 Å². The van der Waals surface area contributed by atoms with Crippen molar-refractivity contribution in [2.45, 2.75) is 31.2 Å². The highest BCUT2D eigenvalue weighted by molar-refractivity contribution is 8.00. The molecule has 0 saturated heterocycles. The highest BCUT2D eigenvalue weighted by Gasteiger charge is 2.21. The number of carbonyl (C=O) groups is 1. The molecule has 28 heavy (non-hydrogen) atoms. The highest BCUT2D eigenvalue weighted by Crippen LogP contribution is 2.27. The van der Waals surface area contributed by atoms with Crippen LogP contribution in [0.4, 0.5) is 18.9 Å². The molecule has 2 aromatic carbocycles. The van der Waals surface area contributed by atoms with Gasteiger partial charge in [0.25, 0.3) is 0 Å². The fraction of sp³-hybridized carbons (Fsp3) is 0.200. The van der Waals surface area contributed by atoms with Gasteiger partial charge in [0, 0.05) is 18.1 Å². The molecule has 1 aromatic heterocycles. The number of imidazole rings is 1. The summed E-state index contributed by atoms with van der Waals surface area (Å²) in [5, 5.41) is 2.22. The quantitative estimate of drug-likeness (QED) is 0.479. The molecule has 1 unspecified atom stereocenters. The van der Waals surface area contributed by atoms with Gasteiger partial charge in [-0.2, -0.15) is 0 Å². The van der Waals surface area contributed by atoms with Crippen molar-refractivity contribution in [3.8, 4) is 5.69 Å². The molecule has 146 valence electrons. The van der Waals surface area contributed by atoms with E-state index < -0.39 is 34.3 Å². The molecule has 3 aromatic rings. The first kappa shape index (κ1) is 20.0. The number of hydrogen-bond acceptors (Lipinski definition) is 3. The maximum Gasteiger partial charge on any atom is 0.237 e. The SMILES string of the molecule is Cc1ccc(-n2ccnc2SC(C)C(=O)Nc2ccc(F)c(F)c2F)cc1C. The molecule has 0 aliphatic rings. The Bertz CT molecular complexity index is 1040. The molecule has 0 radical (unpaired) electrons. The monoisotopic (exact) mass is 405 g/mol. The van der Waals surface area contributed by atoms with Gasteiger partial charge >= 0.3 is 0 Å². The zero-order valence-electron chi connectivity index (χ0n) is 15.5. The number of amides is 1. The number of aromatic nitrogens is 2. The Kier molecular flexibility index (Phi) is 5.79. The number of anilines is 1. The minimum atomic E-state index is -1.62. The number of halogens is 3. The first-order valence-electron chi connectivity index (χ1n) is 8.50. The van der Waals surface area contributed by atoms with Crippen molar-refractivity contribution >= 4 is 23.4 Å². The summed E-state index contributed by atoms with van der Waals surface area (Å²) in [7, 11) is 0. The van der Waals surface area contributed by atoms with Gasteiger partial charge in [-0.15, -0.1) is 0 Å². The topological polar surface area (TPSA) is 46.9 Å².